The summed E-state index contributed by atoms with van der Waals surface area (Å²) in [6.07, 6.45) is 0. The quantitative estimate of drug-likeness (QED) is 0.359. The SMILES string of the molecule is COC(=O)CN(c1ccc(OC)c(OC)c1)S(=O)(=O)c1ccc(C)c([N+](=O)[O-])c1. The highest BCUT2D eigenvalue weighted by atomic mass is 32.2. The minimum absolute atomic E-state index is 0.0938. The number of rotatable bonds is 8. The van der Waals surface area contributed by atoms with Crippen molar-refractivity contribution in [1.82, 2.24) is 0 Å². The van der Waals surface area contributed by atoms with E-state index in [1.807, 2.05) is 0 Å². The molecule has 0 saturated carbocycles. The summed E-state index contributed by atoms with van der Waals surface area (Å²) in [4.78, 5) is 22.1. The van der Waals surface area contributed by atoms with Gasteiger partial charge in [0.15, 0.2) is 11.5 Å². The maximum atomic E-state index is 13.2. The molecule has 0 amide bonds. The fraction of sp³-hybridized carbons (Fsp3) is 0.278. The molecule has 0 aliphatic rings. The van der Waals surface area contributed by atoms with Crippen LogP contribution in [0.4, 0.5) is 11.4 Å². The highest BCUT2D eigenvalue weighted by molar-refractivity contribution is 7.92. The van der Waals surface area contributed by atoms with Crippen molar-refractivity contribution < 1.29 is 32.3 Å². The minimum Gasteiger partial charge on any atom is -0.493 e. The predicted molar refractivity (Wildman–Crippen MR) is 104 cm³/mol. The van der Waals surface area contributed by atoms with Crippen molar-refractivity contribution in [3.63, 3.8) is 0 Å². The molecule has 0 heterocycles. The number of benzene rings is 2. The molecule has 0 aliphatic heterocycles. The van der Waals surface area contributed by atoms with Gasteiger partial charge >= 0.3 is 5.97 Å². The van der Waals surface area contributed by atoms with Gasteiger partial charge in [-0.05, 0) is 25.1 Å². The number of hydrogen-bond donors (Lipinski definition) is 0. The monoisotopic (exact) mass is 424 g/mol. The largest absolute Gasteiger partial charge is 0.493 e. The topological polar surface area (TPSA) is 125 Å². The van der Waals surface area contributed by atoms with Crippen LogP contribution in [0.2, 0.25) is 0 Å². The smallest absolute Gasteiger partial charge is 0.326 e. The Morgan fingerprint density at radius 2 is 1.72 bits per heavy atom. The van der Waals surface area contributed by atoms with Crippen molar-refractivity contribution in [2.75, 3.05) is 32.2 Å². The Bertz CT molecular complexity index is 1040. The zero-order valence-corrected chi connectivity index (χ0v) is 17.1. The first kappa shape index (κ1) is 22.0. The lowest BCUT2D eigenvalue weighted by molar-refractivity contribution is -0.385. The lowest BCUT2D eigenvalue weighted by Crippen LogP contribution is -2.36. The van der Waals surface area contributed by atoms with Crippen LogP contribution in [0, 0.1) is 17.0 Å². The zero-order chi connectivity index (χ0) is 21.8. The summed E-state index contributed by atoms with van der Waals surface area (Å²) in [6.45, 7) is 0.852. The molecule has 2 aromatic carbocycles. The summed E-state index contributed by atoms with van der Waals surface area (Å²) >= 11 is 0. The molecular weight excluding hydrogens is 404 g/mol. The van der Waals surface area contributed by atoms with Crippen LogP contribution in [-0.2, 0) is 19.6 Å². The predicted octanol–water partition coefficient (Wildman–Crippen LogP) is 2.29. The highest BCUT2D eigenvalue weighted by Gasteiger charge is 2.30. The van der Waals surface area contributed by atoms with Gasteiger partial charge in [0.05, 0.1) is 36.8 Å². The normalized spacial score (nSPS) is 10.9. The number of esters is 1. The third kappa shape index (κ3) is 4.57. The van der Waals surface area contributed by atoms with Gasteiger partial charge in [0.2, 0.25) is 0 Å². The van der Waals surface area contributed by atoms with Crippen LogP contribution in [0.5, 0.6) is 11.5 Å². The van der Waals surface area contributed by atoms with Crippen LogP contribution in [-0.4, -0.2) is 47.2 Å². The van der Waals surface area contributed by atoms with E-state index in [4.69, 9.17) is 9.47 Å². The first-order chi connectivity index (χ1) is 13.6. The molecule has 0 saturated heterocycles. The summed E-state index contributed by atoms with van der Waals surface area (Å²) < 4.78 is 42.2. The Balaban J connectivity index is 2.64. The van der Waals surface area contributed by atoms with Gasteiger partial charge in [0, 0.05) is 17.7 Å². The van der Waals surface area contributed by atoms with Crippen LogP contribution >= 0.6 is 0 Å². The van der Waals surface area contributed by atoms with Gasteiger partial charge in [0.25, 0.3) is 15.7 Å². The summed E-state index contributed by atoms with van der Waals surface area (Å²) in [5.74, 6) is -0.215. The Kier molecular flexibility index (Phi) is 6.64. The fourth-order valence-corrected chi connectivity index (χ4v) is 3.97. The molecule has 0 aromatic heterocycles. The fourth-order valence-electron chi connectivity index (χ4n) is 2.55. The summed E-state index contributed by atoms with van der Waals surface area (Å²) in [5, 5.41) is 11.2. The van der Waals surface area contributed by atoms with Crippen molar-refractivity contribution >= 4 is 27.4 Å². The molecule has 2 rings (SSSR count). The molecule has 0 fully saturated rings. The zero-order valence-electron chi connectivity index (χ0n) is 16.2. The Morgan fingerprint density at radius 1 is 1.07 bits per heavy atom. The molecule has 29 heavy (non-hydrogen) atoms. The number of nitro benzene ring substituents is 1. The van der Waals surface area contributed by atoms with Gasteiger partial charge < -0.3 is 14.2 Å². The molecule has 0 unspecified atom stereocenters. The molecule has 10 nitrogen and oxygen atoms in total. The van der Waals surface area contributed by atoms with E-state index < -0.39 is 27.5 Å². The van der Waals surface area contributed by atoms with Crippen molar-refractivity contribution in [2.24, 2.45) is 0 Å². The molecule has 0 aliphatic carbocycles. The first-order valence-electron chi connectivity index (χ1n) is 8.22. The lowest BCUT2D eigenvalue weighted by Gasteiger charge is -2.24. The second kappa shape index (κ2) is 8.78. The lowest BCUT2D eigenvalue weighted by atomic mass is 10.2. The van der Waals surface area contributed by atoms with E-state index >= 15 is 0 Å². The second-order valence-electron chi connectivity index (χ2n) is 5.83. The first-order valence-corrected chi connectivity index (χ1v) is 9.66. The molecule has 156 valence electrons. The number of nitro groups is 1. The highest BCUT2D eigenvalue weighted by Crippen LogP contribution is 2.34. The summed E-state index contributed by atoms with van der Waals surface area (Å²) in [5.41, 5.74) is 0.0484. The van der Waals surface area contributed by atoms with Gasteiger partial charge in [-0.1, -0.05) is 6.07 Å². The van der Waals surface area contributed by atoms with Gasteiger partial charge in [0.1, 0.15) is 6.54 Å². The third-order valence-electron chi connectivity index (χ3n) is 4.12. The number of carbonyl (C=O) groups excluding carboxylic acids is 1. The average molecular weight is 424 g/mol. The van der Waals surface area contributed by atoms with Gasteiger partial charge in [-0.2, -0.15) is 0 Å². The number of aryl methyl sites for hydroxylation is 1. The molecule has 2 aromatic rings. The Labute approximate surface area is 167 Å². The molecule has 0 spiro atoms. The van der Waals surface area contributed by atoms with Crippen molar-refractivity contribution in [3.8, 4) is 11.5 Å². The van der Waals surface area contributed by atoms with Gasteiger partial charge in [-0.25, -0.2) is 8.42 Å². The third-order valence-corrected chi connectivity index (χ3v) is 5.89. The molecule has 0 atom stereocenters. The van der Waals surface area contributed by atoms with Crippen molar-refractivity contribution in [2.45, 2.75) is 11.8 Å². The van der Waals surface area contributed by atoms with Gasteiger partial charge in [-0.3, -0.25) is 19.2 Å². The summed E-state index contributed by atoms with van der Waals surface area (Å²) in [6, 6.07) is 7.80. The number of nitrogens with zero attached hydrogens (tertiary/aromatic N) is 2. The van der Waals surface area contributed by atoms with E-state index in [0.717, 1.165) is 17.5 Å². The maximum absolute atomic E-state index is 13.2. The van der Waals surface area contributed by atoms with Gasteiger partial charge in [-0.15, -0.1) is 0 Å². The number of carbonyl (C=O) groups is 1. The van der Waals surface area contributed by atoms with Crippen LogP contribution in [0.1, 0.15) is 5.56 Å². The molecule has 0 bridgehead atoms. The van der Waals surface area contributed by atoms with E-state index in [-0.39, 0.29) is 22.0 Å². The number of methoxy groups -OCH3 is 3. The van der Waals surface area contributed by atoms with E-state index in [2.05, 4.69) is 4.74 Å². The maximum Gasteiger partial charge on any atom is 0.326 e. The van der Waals surface area contributed by atoms with E-state index in [0.29, 0.717) is 11.3 Å². The summed E-state index contributed by atoms with van der Waals surface area (Å²) in [7, 11) is -0.420. The Morgan fingerprint density at radius 3 is 2.28 bits per heavy atom. The average Bonchev–Trinajstić information content (AvgIpc) is 2.70. The van der Waals surface area contributed by atoms with Crippen LogP contribution in [0.25, 0.3) is 0 Å². The van der Waals surface area contributed by atoms with Crippen LogP contribution < -0.4 is 13.8 Å². The van der Waals surface area contributed by atoms with E-state index in [1.54, 1.807) is 0 Å². The Hall–Kier alpha value is -3.34. The second-order valence-corrected chi connectivity index (χ2v) is 7.69. The number of hydrogen-bond acceptors (Lipinski definition) is 8. The van der Waals surface area contributed by atoms with Crippen molar-refractivity contribution in [3.05, 3.63) is 52.1 Å². The standard InChI is InChI=1S/C18H20N2O8S/c1-12-5-7-14(10-15(12)20(22)23)29(24,25)19(11-18(21)28-4)13-6-8-16(26-2)17(9-13)27-3/h5-10H,11H2,1-4H3. The van der Waals surface area contributed by atoms with Crippen molar-refractivity contribution in [1.29, 1.82) is 0 Å². The number of ether oxygens (including phenoxy) is 3. The molecule has 11 heteroatoms. The van der Waals surface area contributed by atoms with E-state index in [9.17, 15) is 23.3 Å². The molecule has 0 N–H and O–H groups in total. The minimum atomic E-state index is -4.34. The van der Waals surface area contributed by atoms with Crippen LogP contribution in [0.3, 0.4) is 0 Å². The van der Waals surface area contributed by atoms with Crippen LogP contribution in [0.15, 0.2) is 41.3 Å². The molecular formula is C18H20N2O8S. The number of anilines is 1. The molecule has 0 radical (unpaired) electrons. The van der Waals surface area contributed by atoms with E-state index in [1.165, 1.54) is 51.5 Å². The number of sulfonamides is 1.